The van der Waals surface area contributed by atoms with Gasteiger partial charge in [0.2, 0.25) is 10.0 Å². The fourth-order valence-electron chi connectivity index (χ4n) is 3.02. The first-order valence-corrected chi connectivity index (χ1v) is 10.5. The van der Waals surface area contributed by atoms with Crippen molar-refractivity contribution in [1.29, 1.82) is 0 Å². The van der Waals surface area contributed by atoms with E-state index in [2.05, 4.69) is 10.0 Å². The van der Waals surface area contributed by atoms with E-state index in [1.807, 2.05) is 12.1 Å². The van der Waals surface area contributed by atoms with Crippen molar-refractivity contribution in [3.8, 4) is 0 Å². The molecule has 5 nitrogen and oxygen atoms in total. The maximum atomic E-state index is 12.5. The van der Waals surface area contributed by atoms with Gasteiger partial charge in [-0.1, -0.05) is 42.6 Å². The van der Waals surface area contributed by atoms with Crippen molar-refractivity contribution in [2.75, 3.05) is 0 Å². The molecule has 138 valence electrons. The number of carbonyl (C=O) groups is 1. The summed E-state index contributed by atoms with van der Waals surface area (Å²) in [4.78, 5) is 12.5. The van der Waals surface area contributed by atoms with E-state index in [1.165, 1.54) is 12.1 Å². The lowest BCUT2D eigenvalue weighted by Gasteiger charge is -2.13. The summed E-state index contributed by atoms with van der Waals surface area (Å²) in [7, 11) is -3.62. The summed E-state index contributed by atoms with van der Waals surface area (Å²) < 4.78 is 27.8. The molecule has 0 unspecified atom stereocenters. The van der Waals surface area contributed by atoms with Crippen LogP contribution in [0.4, 0.5) is 0 Å². The van der Waals surface area contributed by atoms with E-state index < -0.39 is 10.0 Å². The average molecular weight is 393 g/mol. The number of sulfonamides is 1. The van der Waals surface area contributed by atoms with Crippen LogP contribution in [0, 0.1) is 0 Å². The van der Waals surface area contributed by atoms with Gasteiger partial charge in [0.25, 0.3) is 5.91 Å². The van der Waals surface area contributed by atoms with Crippen molar-refractivity contribution in [3.05, 3.63) is 64.7 Å². The van der Waals surface area contributed by atoms with Gasteiger partial charge in [-0.3, -0.25) is 4.79 Å². The molecule has 0 bridgehead atoms. The number of rotatable bonds is 6. The van der Waals surface area contributed by atoms with E-state index >= 15 is 0 Å². The van der Waals surface area contributed by atoms with Crippen LogP contribution in [0.2, 0.25) is 5.02 Å². The summed E-state index contributed by atoms with van der Waals surface area (Å²) in [5, 5.41) is 3.42. The van der Waals surface area contributed by atoms with Crippen LogP contribution in [-0.4, -0.2) is 20.4 Å². The highest BCUT2D eigenvalue weighted by Gasteiger charge is 2.23. The molecule has 1 saturated carbocycles. The third kappa shape index (κ3) is 4.84. The molecule has 3 rings (SSSR count). The van der Waals surface area contributed by atoms with E-state index in [1.54, 1.807) is 24.3 Å². The molecule has 1 aliphatic carbocycles. The minimum atomic E-state index is -3.62. The van der Waals surface area contributed by atoms with Crippen molar-refractivity contribution in [2.24, 2.45) is 0 Å². The molecule has 2 N–H and O–H groups in total. The van der Waals surface area contributed by atoms with Crippen molar-refractivity contribution in [3.63, 3.8) is 0 Å². The van der Waals surface area contributed by atoms with Crippen molar-refractivity contribution >= 4 is 27.5 Å². The molecular weight excluding hydrogens is 372 g/mol. The van der Waals surface area contributed by atoms with Crippen molar-refractivity contribution in [1.82, 2.24) is 10.0 Å². The van der Waals surface area contributed by atoms with E-state index in [0.29, 0.717) is 17.1 Å². The molecule has 0 radical (unpaired) electrons. The number of halogens is 1. The van der Waals surface area contributed by atoms with Crippen LogP contribution < -0.4 is 10.0 Å². The second kappa shape index (κ2) is 8.20. The van der Waals surface area contributed by atoms with Crippen LogP contribution in [0.3, 0.4) is 0 Å². The predicted molar refractivity (Wildman–Crippen MR) is 102 cm³/mol. The fraction of sp³-hybridized carbons (Fsp3) is 0.316. The number of carbonyl (C=O) groups excluding carboxylic acids is 1. The number of nitrogens with one attached hydrogen (secondary N) is 2. The van der Waals surface area contributed by atoms with E-state index in [4.69, 9.17) is 11.6 Å². The Morgan fingerprint density at radius 3 is 2.46 bits per heavy atom. The van der Waals surface area contributed by atoms with E-state index in [-0.39, 0.29) is 16.8 Å². The molecule has 0 spiro atoms. The predicted octanol–water partition coefficient (Wildman–Crippen LogP) is 3.49. The highest BCUT2D eigenvalue weighted by molar-refractivity contribution is 7.89. The van der Waals surface area contributed by atoms with Crippen LogP contribution in [0.1, 0.15) is 41.6 Å². The Hall–Kier alpha value is -1.89. The molecule has 1 aliphatic rings. The normalized spacial score (nSPS) is 15.1. The summed E-state index contributed by atoms with van der Waals surface area (Å²) in [5.74, 6) is -0.321. The lowest BCUT2D eigenvalue weighted by Crippen LogP contribution is -2.32. The van der Waals surface area contributed by atoms with Gasteiger partial charge in [-0.2, -0.15) is 0 Å². The highest BCUT2D eigenvalue weighted by Crippen LogP contribution is 2.21. The Kier molecular flexibility index (Phi) is 5.96. The number of hydrogen-bond donors (Lipinski definition) is 2. The van der Waals surface area contributed by atoms with Crippen molar-refractivity contribution in [2.45, 2.75) is 43.2 Å². The van der Waals surface area contributed by atoms with Gasteiger partial charge in [0.15, 0.2) is 0 Å². The van der Waals surface area contributed by atoms with Gasteiger partial charge in [0.1, 0.15) is 0 Å². The van der Waals surface area contributed by atoms with Crippen LogP contribution in [0.15, 0.2) is 53.4 Å². The number of amides is 1. The zero-order chi connectivity index (χ0) is 18.6. The van der Waals surface area contributed by atoms with E-state index in [9.17, 15) is 13.2 Å². The molecule has 2 aromatic carbocycles. The topological polar surface area (TPSA) is 75.3 Å². The first-order chi connectivity index (χ1) is 12.4. The quantitative estimate of drug-likeness (QED) is 0.790. The smallest absolute Gasteiger partial charge is 0.251 e. The summed E-state index contributed by atoms with van der Waals surface area (Å²) in [6.07, 6.45) is 3.81. The highest BCUT2D eigenvalue weighted by atomic mass is 35.5. The van der Waals surface area contributed by atoms with Crippen LogP contribution in [-0.2, 0) is 16.6 Å². The summed E-state index contributed by atoms with van der Waals surface area (Å²) in [6, 6.07) is 13.3. The van der Waals surface area contributed by atoms with Crippen LogP contribution in [0.25, 0.3) is 0 Å². The zero-order valence-electron chi connectivity index (χ0n) is 14.2. The zero-order valence-corrected chi connectivity index (χ0v) is 15.8. The first kappa shape index (κ1) is 18.9. The van der Waals surface area contributed by atoms with Gasteiger partial charge >= 0.3 is 0 Å². The first-order valence-electron chi connectivity index (χ1n) is 8.59. The van der Waals surface area contributed by atoms with Crippen molar-refractivity contribution < 1.29 is 13.2 Å². The largest absolute Gasteiger partial charge is 0.348 e. The minimum Gasteiger partial charge on any atom is -0.348 e. The molecule has 0 heterocycles. The van der Waals surface area contributed by atoms with Gasteiger partial charge in [-0.25, -0.2) is 13.1 Å². The van der Waals surface area contributed by atoms with Gasteiger partial charge < -0.3 is 5.32 Å². The molecule has 26 heavy (non-hydrogen) atoms. The molecule has 7 heteroatoms. The molecule has 0 atom stereocenters. The van der Waals surface area contributed by atoms with Gasteiger partial charge in [0.05, 0.1) is 4.90 Å². The maximum absolute atomic E-state index is 12.5. The van der Waals surface area contributed by atoms with Gasteiger partial charge in [-0.05, 0) is 48.7 Å². The molecule has 1 fully saturated rings. The van der Waals surface area contributed by atoms with Crippen LogP contribution in [0.5, 0.6) is 0 Å². The fourth-order valence-corrected chi connectivity index (χ4v) is 4.50. The standard InChI is InChI=1S/C19H21ClN2O3S/c20-16-10-8-14(9-11-16)13-21-19(23)15-4-3-7-18(12-15)26(24,25)22-17-5-1-2-6-17/h3-4,7-12,17,22H,1-2,5-6,13H2,(H,21,23). The van der Waals surface area contributed by atoms with Crippen LogP contribution >= 0.6 is 11.6 Å². The third-order valence-electron chi connectivity index (χ3n) is 4.45. The summed E-state index contributed by atoms with van der Waals surface area (Å²) in [6.45, 7) is 0.341. The average Bonchev–Trinajstić information content (AvgIpc) is 3.13. The lowest BCUT2D eigenvalue weighted by atomic mass is 10.2. The maximum Gasteiger partial charge on any atom is 0.251 e. The molecule has 0 aromatic heterocycles. The third-order valence-corrected chi connectivity index (χ3v) is 6.22. The monoisotopic (exact) mass is 392 g/mol. The number of benzene rings is 2. The molecular formula is C19H21ClN2O3S. The summed E-state index contributed by atoms with van der Waals surface area (Å²) in [5.41, 5.74) is 1.22. The Morgan fingerprint density at radius 2 is 1.77 bits per heavy atom. The molecule has 1 amide bonds. The van der Waals surface area contributed by atoms with Gasteiger partial charge in [0, 0.05) is 23.2 Å². The number of hydrogen-bond acceptors (Lipinski definition) is 3. The molecule has 2 aromatic rings. The van der Waals surface area contributed by atoms with Gasteiger partial charge in [-0.15, -0.1) is 0 Å². The molecule has 0 saturated heterocycles. The Bertz CT molecular complexity index is 876. The van der Waals surface area contributed by atoms with E-state index in [0.717, 1.165) is 31.2 Å². The summed E-state index contributed by atoms with van der Waals surface area (Å²) >= 11 is 5.84. The Labute approximate surface area is 158 Å². The lowest BCUT2D eigenvalue weighted by molar-refractivity contribution is 0.0950. The minimum absolute atomic E-state index is 0.0117. The molecule has 0 aliphatic heterocycles. The SMILES string of the molecule is O=C(NCc1ccc(Cl)cc1)c1cccc(S(=O)(=O)NC2CCCC2)c1. The Morgan fingerprint density at radius 1 is 1.08 bits per heavy atom. The second-order valence-electron chi connectivity index (χ2n) is 6.44. The second-order valence-corrected chi connectivity index (χ2v) is 8.59. The Balaban J connectivity index is 1.67.